The highest BCUT2D eigenvalue weighted by Crippen LogP contribution is 2.18. The van der Waals surface area contributed by atoms with Gasteiger partial charge in [-0.15, -0.1) is 0 Å². The summed E-state index contributed by atoms with van der Waals surface area (Å²) >= 11 is 0. The minimum absolute atomic E-state index is 0.587. The monoisotopic (exact) mass is 180 g/mol. The molecule has 2 nitrogen and oxygen atoms in total. The lowest BCUT2D eigenvalue weighted by molar-refractivity contribution is 0.620. The summed E-state index contributed by atoms with van der Waals surface area (Å²) in [6.45, 7) is 8.37. The third-order valence-corrected chi connectivity index (χ3v) is 1.99. The van der Waals surface area contributed by atoms with Crippen LogP contribution in [-0.4, -0.2) is 9.97 Å². The third kappa shape index (κ3) is 4.02. The van der Waals surface area contributed by atoms with E-state index in [-0.39, 0.29) is 0 Å². The largest absolute Gasteiger partial charge is 0.261 e. The fourth-order valence-corrected chi connectivity index (χ4v) is 1.23. The second kappa shape index (κ2) is 7.71. The van der Waals surface area contributed by atoms with Gasteiger partial charge in [-0.1, -0.05) is 27.7 Å². The van der Waals surface area contributed by atoms with Crippen molar-refractivity contribution in [3.8, 4) is 0 Å². The van der Waals surface area contributed by atoms with Crippen molar-refractivity contribution in [2.75, 3.05) is 0 Å². The first-order chi connectivity index (χ1) is 6.38. The van der Waals surface area contributed by atoms with E-state index in [0.717, 1.165) is 18.5 Å². The molecule has 0 atom stereocenters. The standard InChI is InChI=1S/C9H14N2.C2H6/c1-3-8(4-2)9-7-10-5-6-11-9;1-2/h5-8H,3-4H2,1-2H3;1-2H3. The van der Waals surface area contributed by atoms with E-state index < -0.39 is 0 Å². The number of aromatic nitrogens is 2. The summed E-state index contributed by atoms with van der Waals surface area (Å²) in [5.74, 6) is 0.587. The molecular formula is C11H20N2. The Bertz CT molecular complexity index is 193. The molecule has 13 heavy (non-hydrogen) atoms. The molecule has 0 amide bonds. The summed E-state index contributed by atoms with van der Waals surface area (Å²) in [5, 5.41) is 0. The zero-order chi connectivity index (χ0) is 10.1. The van der Waals surface area contributed by atoms with E-state index in [1.165, 1.54) is 0 Å². The van der Waals surface area contributed by atoms with Crippen LogP contribution in [0.15, 0.2) is 18.6 Å². The van der Waals surface area contributed by atoms with Gasteiger partial charge in [0.05, 0.1) is 5.69 Å². The lowest BCUT2D eigenvalue weighted by Crippen LogP contribution is -1.98. The van der Waals surface area contributed by atoms with Gasteiger partial charge in [0.25, 0.3) is 0 Å². The topological polar surface area (TPSA) is 25.8 Å². The number of hydrogen-bond donors (Lipinski definition) is 0. The Labute approximate surface area is 81.4 Å². The highest BCUT2D eigenvalue weighted by molar-refractivity contribution is 5.02. The quantitative estimate of drug-likeness (QED) is 0.712. The molecule has 0 aliphatic heterocycles. The van der Waals surface area contributed by atoms with Gasteiger partial charge in [-0.3, -0.25) is 9.97 Å². The fraction of sp³-hybridized carbons (Fsp3) is 0.636. The zero-order valence-electron chi connectivity index (χ0n) is 9.12. The highest BCUT2D eigenvalue weighted by Gasteiger charge is 2.06. The van der Waals surface area contributed by atoms with Crippen LogP contribution >= 0.6 is 0 Å². The minimum Gasteiger partial charge on any atom is -0.261 e. The summed E-state index contributed by atoms with van der Waals surface area (Å²) in [5.41, 5.74) is 1.12. The fourth-order valence-electron chi connectivity index (χ4n) is 1.23. The minimum atomic E-state index is 0.587. The van der Waals surface area contributed by atoms with Crippen LogP contribution in [0.5, 0.6) is 0 Å². The van der Waals surface area contributed by atoms with Crippen molar-refractivity contribution in [3.05, 3.63) is 24.3 Å². The van der Waals surface area contributed by atoms with Crippen LogP contribution in [0.1, 0.15) is 52.1 Å². The lowest BCUT2D eigenvalue weighted by atomic mass is 10.0. The van der Waals surface area contributed by atoms with Crippen LogP contribution in [0.25, 0.3) is 0 Å². The summed E-state index contributed by atoms with van der Waals surface area (Å²) < 4.78 is 0. The number of hydrogen-bond acceptors (Lipinski definition) is 2. The van der Waals surface area contributed by atoms with Crippen molar-refractivity contribution < 1.29 is 0 Å². The molecule has 1 heterocycles. The van der Waals surface area contributed by atoms with Crippen LogP contribution in [-0.2, 0) is 0 Å². The first-order valence-corrected chi connectivity index (χ1v) is 5.14. The smallest absolute Gasteiger partial charge is 0.0617 e. The Morgan fingerprint density at radius 2 is 1.77 bits per heavy atom. The molecule has 0 aliphatic rings. The Balaban J connectivity index is 0.000000671. The molecule has 0 saturated heterocycles. The van der Waals surface area contributed by atoms with Gasteiger partial charge in [-0.2, -0.15) is 0 Å². The van der Waals surface area contributed by atoms with Crippen molar-refractivity contribution in [2.45, 2.75) is 46.5 Å². The van der Waals surface area contributed by atoms with Crippen LogP contribution in [0.2, 0.25) is 0 Å². The molecule has 1 aromatic heterocycles. The van der Waals surface area contributed by atoms with Crippen LogP contribution in [0.3, 0.4) is 0 Å². The van der Waals surface area contributed by atoms with Gasteiger partial charge in [0.2, 0.25) is 0 Å². The Morgan fingerprint density at radius 1 is 1.15 bits per heavy atom. The zero-order valence-corrected chi connectivity index (χ0v) is 9.12. The molecule has 0 aromatic carbocycles. The van der Waals surface area contributed by atoms with Gasteiger partial charge in [0.15, 0.2) is 0 Å². The van der Waals surface area contributed by atoms with Gasteiger partial charge in [0.1, 0.15) is 0 Å². The summed E-state index contributed by atoms with van der Waals surface area (Å²) in [4.78, 5) is 8.30. The average molecular weight is 180 g/mol. The molecule has 0 bridgehead atoms. The van der Waals surface area contributed by atoms with E-state index in [0.29, 0.717) is 5.92 Å². The number of nitrogens with zero attached hydrogens (tertiary/aromatic N) is 2. The predicted molar refractivity (Wildman–Crippen MR) is 56.7 cm³/mol. The van der Waals surface area contributed by atoms with Crippen molar-refractivity contribution >= 4 is 0 Å². The molecule has 74 valence electrons. The maximum atomic E-state index is 4.26. The third-order valence-electron chi connectivity index (χ3n) is 1.99. The van der Waals surface area contributed by atoms with Crippen molar-refractivity contribution in [1.82, 2.24) is 9.97 Å². The van der Waals surface area contributed by atoms with E-state index in [9.17, 15) is 0 Å². The second-order valence-electron chi connectivity index (χ2n) is 2.64. The van der Waals surface area contributed by atoms with Gasteiger partial charge in [0, 0.05) is 24.5 Å². The van der Waals surface area contributed by atoms with E-state index >= 15 is 0 Å². The molecule has 0 spiro atoms. The molecule has 0 radical (unpaired) electrons. The van der Waals surface area contributed by atoms with E-state index in [4.69, 9.17) is 0 Å². The maximum absolute atomic E-state index is 4.26. The van der Waals surface area contributed by atoms with E-state index in [2.05, 4.69) is 23.8 Å². The Kier molecular flexibility index (Phi) is 7.17. The Hall–Kier alpha value is -0.920. The van der Waals surface area contributed by atoms with Crippen LogP contribution in [0, 0.1) is 0 Å². The predicted octanol–water partition coefficient (Wildman–Crippen LogP) is 3.41. The molecule has 1 aromatic rings. The summed E-state index contributed by atoms with van der Waals surface area (Å²) in [6.07, 6.45) is 7.63. The maximum Gasteiger partial charge on any atom is 0.0617 e. The highest BCUT2D eigenvalue weighted by atomic mass is 14.8. The van der Waals surface area contributed by atoms with Crippen molar-refractivity contribution in [3.63, 3.8) is 0 Å². The summed E-state index contributed by atoms with van der Waals surface area (Å²) in [6, 6.07) is 0. The molecule has 0 unspecified atom stereocenters. The molecule has 0 aliphatic carbocycles. The van der Waals surface area contributed by atoms with E-state index in [1.807, 2.05) is 20.0 Å². The van der Waals surface area contributed by atoms with Gasteiger partial charge < -0.3 is 0 Å². The molecule has 1 rings (SSSR count). The second-order valence-corrected chi connectivity index (χ2v) is 2.64. The van der Waals surface area contributed by atoms with E-state index in [1.54, 1.807) is 12.4 Å². The average Bonchev–Trinajstić information content (AvgIpc) is 2.24. The molecular weight excluding hydrogens is 160 g/mol. The normalized spacial score (nSPS) is 9.31. The van der Waals surface area contributed by atoms with Crippen LogP contribution in [0.4, 0.5) is 0 Å². The van der Waals surface area contributed by atoms with Gasteiger partial charge in [-0.05, 0) is 12.8 Å². The molecule has 0 N–H and O–H groups in total. The van der Waals surface area contributed by atoms with Crippen molar-refractivity contribution in [1.29, 1.82) is 0 Å². The first kappa shape index (κ1) is 12.1. The SMILES string of the molecule is CC.CCC(CC)c1cnccn1. The summed E-state index contributed by atoms with van der Waals surface area (Å²) in [7, 11) is 0. The Morgan fingerprint density at radius 3 is 2.15 bits per heavy atom. The molecule has 2 heteroatoms. The molecule has 0 saturated carbocycles. The number of rotatable bonds is 3. The van der Waals surface area contributed by atoms with Crippen LogP contribution < -0.4 is 0 Å². The first-order valence-electron chi connectivity index (χ1n) is 5.14. The van der Waals surface area contributed by atoms with Crippen molar-refractivity contribution in [2.24, 2.45) is 0 Å². The van der Waals surface area contributed by atoms with Gasteiger partial charge >= 0.3 is 0 Å². The van der Waals surface area contributed by atoms with Gasteiger partial charge in [-0.25, -0.2) is 0 Å². The molecule has 0 fully saturated rings. The lowest BCUT2D eigenvalue weighted by Gasteiger charge is -2.09.